The van der Waals surface area contributed by atoms with Crippen LogP contribution in [0.15, 0.2) is 0 Å². The van der Waals surface area contributed by atoms with Gasteiger partial charge in [0.15, 0.2) is 0 Å². The quantitative estimate of drug-likeness (QED) is 0.613. The molecule has 14 heavy (non-hydrogen) atoms. The molecule has 86 valence electrons. The van der Waals surface area contributed by atoms with Gasteiger partial charge in [-0.25, -0.2) is 0 Å². The molecule has 0 aliphatic carbocycles. The van der Waals surface area contributed by atoms with E-state index in [1.54, 1.807) is 0 Å². The highest BCUT2D eigenvalue weighted by Crippen LogP contribution is 2.22. The summed E-state index contributed by atoms with van der Waals surface area (Å²) in [4.78, 5) is 0. The van der Waals surface area contributed by atoms with E-state index in [-0.39, 0.29) is 0 Å². The van der Waals surface area contributed by atoms with Crippen molar-refractivity contribution in [3.8, 4) is 0 Å². The molecule has 0 aromatic heterocycles. The Balaban J connectivity index is 3.32. The van der Waals surface area contributed by atoms with Gasteiger partial charge in [0.05, 0.1) is 0 Å². The molecule has 0 aromatic rings. The molecule has 0 saturated carbocycles. The van der Waals surface area contributed by atoms with Crippen molar-refractivity contribution in [1.82, 2.24) is 0 Å². The third kappa shape index (κ3) is 10.0. The summed E-state index contributed by atoms with van der Waals surface area (Å²) in [7, 11) is 0. The van der Waals surface area contributed by atoms with Crippen LogP contribution >= 0.6 is 0 Å². The molecule has 0 aliphatic heterocycles. The Bertz CT molecular complexity index is 124. The molecule has 0 aromatic carbocycles. The van der Waals surface area contributed by atoms with Crippen LogP contribution in [0.2, 0.25) is 0 Å². The third-order valence-corrected chi connectivity index (χ3v) is 2.69. The van der Waals surface area contributed by atoms with E-state index in [1.807, 2.05) is 0 Å². The zero-order valence-electron chi connectivity index (χ0n) is 10.6. The first-order chi connectivity index (χ1) is 6.45. The summed E-state index contributed by atoms with van der Waals surface area (Å²) in [6, 6.07) is 0.436. The molecule has 1 atom stereocenters. The smallest absolute Gasteiger partial charge is 0.00390 e. The molecule has 0 aliphatic rings. The van der Waals surface area contributed by atoms with Gasteiger partial charge in [-0.2, -0.15) is 0 Å². The number of hydrogen-bond acceptors (Lipinski definition) is 1. The van der Waals surface area contributed by atoms with Crippen molar-refractivity contribution < 1.29 is 0 Å². The van der Waals surface area contributed by atoms with E-state index in [0.29, 0.717) is 11.5 Å². The van der Waals surface area contributed by atoms with Gasteiger partial charge in [-0.3, -0.25) is 0 Å². The van der Waals surface area contributed by atoms with Crippen LogP contribution in [-0.2, 0) is 0 Å². The topological polar surface area (TPSA) is 26.0 Å². The molecule has 0 fully saturated rings. The second kappa shape index (κ2) is 7.28. The van der Waals surface area contributed by atoms with Gasteiger partial charge < -0.3 is 5.73 Å². The summed E-state index contributed by atoms with van der Waals surface area (Å²) in [6.07, 6.45) is 9.02. The Kier molecular flexibility index (Phi) is 7.26. The van der Waals surface area contributed by atoms with E-state index in [9.17, 15) is 0 Å². The van der Waals surface area contributed by atoms with E-state index >= 15 is 0 Å². The molecular weight excluding hydrogens is 170 g/mol. The second-order valence-electron chi connectivity index (χ2n) is 5.71. The summed E-state index contributed by atoms with van der Waals surface area (Å²) in [5, 5.41) is 0. The van der Waals surface area contributed by atoms with Crippen molar-refractivity contribution >= 4 is 0 Å². The molecule has 0 saturated heterocycles. The Morgan fingerprint density at radius 3 is 2.14 bits per heavy atom. The lowest BCUT2D eigenvalue weighted by molar-refractivity contribution is 0.341. The minimum absolute atomic E-state index is 0.436. The summed E-state index contributed by atoms with van der Waals surface area (Å²) in [5.41, 5.74) is 6.51. The summed E-state index contributed by atoms with van der Waals surface area (Å²) in [5.74, 6) is 0. The van der Waals surface area contributed by atoms with Crippen LogP contribution in [0.4, 0.5) is 0 Å². The SMILES string of the molecule is CCCCCCC(N)CCC(C)(C)C. The van der Waals surface area contributed by atoms with Crippen LogP contribution < -0.4 is 5.73 Å². The van der Waals surface area contributed by atoms with Crippen LogP contribution in [0, 0.1) is 5.41 Å². The molecule has 0 amide bonds. The Hall–Kier alpha value is -0.0400. The van der Waals surface area contributed by atoms with Gasteiger partial charge >= 0.3 is 0 Å². The Labute approximate surface area is 90.5 Å². The predicted molar refractivity (Wildman–Crippen MR) is 65.4 cm³/mol. The van der Waals surface area contributed by atoms with Gasteiger partial charge in [0, 0.05) is 6.04 Å². The first kappa shape index (κ1) is 14.0. The standard InChI is InChI=1S/C13H29N/c1-5-6-7-8-9-12(14)10-11-13(2,3)4/h12H,5-11,14H2,1-4H3. The van der Waals surface area contributed by atoms with E-state index in [2.05, 4.69) is 27.7 Å². The van der Waals surface area contributed by atoms with Crippen LogP contribution in [0.25, 0.3) is 0 Å². The molecule has 2 N–H and O–H groups in total. The van der Waals surface area contributed by atoms with Crippen molar-refractivity contribution in [2.24, 2.45) is 11.1 Å². The highest BCUT2D eigenvalue weighted by molar-refractivity contribution is 4.68. The molecule has 0 bridgehead atoms. The van der Waals surface area contributed by atoms with E-state index in [0.717, 1.165) is 0 Å². The fraction of sp³-hybridized carbons (Fsp3) is 1.00. The number of hydrogen-bond donors (Lipinski definition) is 1. The van der Waals surface area contributed by atoms with Gasteiger partial charge in [0.2, 0.25) is 0 Å². The average Bonchev–Trinajstić information content (AvgIpc) is 2.08. The van der Waals surface area contributed by atoms with Gasteiger partial charge in [-0.1, -0.05) is 53.4 Å². The normalized spacial score (nSPS) is 14.4. The molecule has 1 heteroatoms. The van der Waals surface area contributed by atoms with Crippen LogP contribution in [-0.4, -0.2) is 6.04 Å². The van der Waals surface area contributed by atoms with Crippen molar-refractivity contribution in [1.29, 1.82) is 0 Å². The minimum Gasteiger partial charge on any atom is -0.328 e. The van der Waals surface area contributed by atoms with Crippen molar-refractivity contribution in [2.75, 3.05) is 0 Å². The summed E-state index contributed by atoms with van der Waals surface area (Å²) < 4.78 is 0. The molecule has 1 nitrogen and oxygen atoms in total. The van der Waals surface area contributed by atoms with E-state index in [1.165, 1.54) is 44.9 Å². The van der Waals surface area contributed by atoms with Gasteiger partial charge in [0.1, 0.15) is 0 Å². The highest BCUT2D eigenvalue weighted by atomic mass is 14.6. The molecular formula is C13H29N. The lowest BCUT2D eigenvalue weighted by Gasteiger charge is -2.20. The first-order valence-electron chi connectivity index (χ1n) is 6.21. The summed E-state index contributed by atoms with van der Waals surface area (Å²) >= 11 is 0. The van der Waals surface area contributed by atoms with Crippen LogP contribution in [0.3, 0.4) is 0 Å². The van der Waals surface area contributed by atoms with Crippen LogP contribution in [0.1, 0.15) is 72.6 Å². The van der Waals surface area contributed by atoms with Gasteiger partial charge in [-0.05, 0) is 24.7 Å². The van der Waals surface area contributed by atoms with Gasteiger partial charge in [-0.15, -0.1) is 0 Å². The van der Waals surface area contributed by atoms with E-state index < -0.39 is 0 Å². The maximum Gasteiger partial charge on any atom is 0.00390 e. The Morgan fingerprint density at radius 1 is 1.00 bits per heavy atom. The molecule has 0 heterocycles. The fourth-order valence-corrected chi connectivity index (χ4v) is 1.60. The zero-order chi connectivity index (χ0) is 11.0. The maximum atomic E-state index is 6.06. The lowest BCUT2D eigenvalue weighted by Crippen LogP contribution is -2.22. The Morgan fingerprint density at radius 2 is 1.64 bits per heavy atom. The maximum absolute atomic E-state index is 6.06. The minimum atomic E-state index is 0.436. The highest BCUT2D eigenvalue weighted by Gasteiger charge is 2.12. The number of nitrogens with two attached hydrogens (primary N) is 1. The number of rotatable bonds is 7. The van der Waals surface area contributed by atoms with Crippen molar-refractivity contribution in [3.63, 3.8) is 0 Å². The monoisotopic (exact) mass is 199 g/mol. The van der Waals surface area contributed by atoms with Crippen molar-refractivity contribution in [2.45, 2.75) is 78.7 Å². The molecule has 0 rings (SSSR count). The van der Waals surface area contributed by atoms with Crippen molar-refractivity contribution in [3.05, 3.63) is 0 Å². The molecule has 0 radical (unpaired) electrons. The first-order valence-corrected chi connectivity index (χ1v) is 6.21. The third-order valence-electron chi connectivity index (χ3n) is 2.69. The molecule has 0 spiro atoms. The summed E-state index contributed by atoms with van der Waals surface area (Å²) in [6.45, 7) is 9.12. The molecule has 1 unspecified atom stereocenters. The fourth-order valence-electron chi connectivity index (χ4n) is 1.60. The average molecular weight is 199 g/mol. The number of unbranched alkanes of at least 4 members (excludes halogenated alkanes) is 3. The van der Waals surface area contributed by atoms with E-state index in [4.69, 9.17) is 5.73 Å². The second-order valence-corrected chi connectivity index (χ2v) is 5.71. The van der Waals surface area contributed by atoms with Gasteiger partial charge in [0.25, 0.3) is 0 Å². The predicted octanol–water partition coefficient (Wildman–Crippen LogP) is 4.11. The van der Waals surface area contributed by atoms with Crippen LogP contribution in [0.5, 0.6) is 0 Å². The zero-order valence-corrected chi connectivity index (χ0v) is 10.6. The largest absolute Gasteiger partial charge is 0.328 e. The lowest BCUT2D eigenvalue weighted by atomic mass is 9.88.